The molecule has 13 heteroatoms. The van der Waals surface area contributed by atoms with Crippen LogP contribution in [0, 0.1) is 17.8 Å². The molecule has 10 nitrogen and oxygen atoms in total. The predicted molar refractivity (Wildman–Crippen MR) is 119 cm³/mol. The number of hydrogen-bond acceptors (Lipinski definition) is 6. The lowest BCUT2D eigenvalue weighted by atomic mass is 9.76. The average molecular weight is 497 g/mol. The minimum Gasteiger partial charge on any atom is -0.331 e. The number of amides is 3. The number of likely N-dealkylation sites (N-methyl/N-ethyl adjacent to an activating group) is 1. The summed E-state index contributed by atoms with van der Waals surface area (Å²) in [6.07, 6.45) is -0.222. The van der Waals surface area contributed by atoms with E-state index in [0.717, 1.165) is 13.2 Å². The molecule has 3 amide bonds. The van der Waals surface area contributed by atoms with E-state index >= 15 is 0 Å². The third-order valence-corrected chi connectivity index (χ3v) is 8.32. The van der Waals surface area contributed by atoms with Crippen molar-refractivity contribution in [1.29, 1.82) is 0 Å². The van der Waals surface area contributed by atoms with Crippen molar-refractivity contribution < 1.29 is 22.4 Å². The highest BCUT2D eigenvalue weighted by molar-refractivity contribution is 7.89. The molecule has 3 aliphatic rings. The van der Waals surface area contributed by atoms with E-state index in [-0.39, 0.29) is 29.7 Å². The van der Waals surface area contributed by atoms with Gasteiger partial charge in [-0.3, -0.25) is 20.4 Å². The lowest BCUT2D eigenvalue weighted by molar-refractivity contribution is -0.129. The molecule has 32 heavy (non-hydrogen) atoms. The van der Waals surface area contributed by atoms with E-state index in [1.165, 1.54) is 4.90 Å². The maximum Gasteiger partial charge on any atom is 0.319 e. The fraction of sp³-hybridized carbons (Fsp3) is 0.895. The zero-order valence-electron chi connectivity index (χ0n) is 18.8. The molecule has 0 aromatic heterocycles. The molecule has 0 aromatic rings. The monoisotopic (exact) mass is 496 g/mol. The van der Waals surface area contributed by atoms with Crippen molar-refractivity contribution in [2.24, 2.45) is 17.8 Å². The highest BCUT2D eigenvalue weighted by atomic mass is 35.5. The van der Waals surface area contributed by atoms with Gasteiger partial charge in [-0.05, 0) is 38.1 Å². The molecule has 6 atom stereocenters. The zero-order valence-corrected chi connectivity index (χ0v) is 20.3. The Balaban J connectivity index is 1.51. The largest absolute Gasteiger partial charge is 0.331 e. The van der Waals surface area contributed by atoms with Crippen molar-refractivity contribution in [3.63, 3.8) is 0 Å². The molecule has 2 aliphatic heterocycles. The predicted octanol–water partition coefficient (Wildman–Crippen LogP) is -0.227. The van der Waals surface area contributed by atoms with Crippen LogP contribution in [0.4, 0.5) is 9.18 Å². The van der Waals surface area contributed by atoms with Gasteiger partial charge in [0.15, 0.2) is 0 Å². The minimum atomic E-state index is -3.84. The number of carbonyl (C=O) groups excluding carboxylic acids is 2. The highest BCUT2D eigenvalue weighted by Gasteiger charge is 2.44. The molecular formula is C19H34ClFN6O4S. The molecule has 0 bridgehead atoms. The molecular weight excluding hydrogens is 463 g/mol. The van der Waals surface area contributed by atoms with Crippen molar-refractivity contribution in [3.05, 3.63) is 0 Å². The maximum atomic E-state index is 14.7. The van der Waals surface area contributed by atoms with Crippen LogP contribution in [0.2, 0.25) is 0 Å². The topological polar surface area (TPSA) is 114 Å². The first kappa shape index (κ1) is 25.4. The van der Waals surface area contributed by atoms with E-state index in [2.05, 4.69) is 20.5 Å². The summed E-state index contributed by atoms with van der Waals surface area (Å²) in [7, 11) is 1.42. The summed E-state index contributed by atoms with van der Waals surface area (Å²) >= 11 is 6.21. The Morgan fingerprint density at radius 2 is 1.97 bits per heavy atom. The Labute approximate surface area is 194 Å². The number of hydrazine groups is 1. The SMILES string of the molecule is CN1CNC(C2CC(Cl)C(F)C(C(=O)NNS(=O)(=O)CC3CCN(C(=O)N(C)C)C3)C2)C1. The third-order valence-electron chi connectivity index (χ3n) is 6.58. The van der Waals surface area contributed by atoms with E-state index in [4.69, 9.17) is 11.6 Å². The number of hydrogen-bond donors (Lipinski definition) is 3. The molecule has 3 N–H and O–H groups in total. The fourth-order valence-corrected chi connectivity index (χ4v) is 6.49. The van der Waals surface area contributed by atoms with Gasteiger partial charge in [-0.25, -0.2) is 17.6 Å². The summed E-state index contributed by atoms with van der Waals surface area (Å²) in [6.45, 7) is 2.33. The van der Waals surface area contributed by atoms with Crippen LogP contribution in [0.3, 0.4) is 0 Å². The normalized spacial score (nSPS) is 34.0. The lowest BCUT2D eigenvalue weighted by Crippen LogP contribution is -2.52. The number of likely N-dealkylation sites (tertiary alicyclic amines) is 1. The summed E-state index contributed by atoms with van der Waals surface area (Å²) in [5.41, 5.74) is 2.19. The molecule has 3 rings (SSSR count). The Bertz CT molecular complexity index is 803. The van der Waals surface area contributed by atoms with Gasteiger partial charge in [0, 0.05) is 46.4 Å². The number of halogens is 2. The van der Waals surface area contributed by atoms with Crippen molar-refractivity contribution in [3.8, 4) is 0 Å². The summed E-state index contributed by atoms with van der Waals surface area (Å²) < 4.78 is 39.6. The van der Waals surface area contributed by atoms with E-state index < -0.39 is 33.4 Å². The van der Waals surface area contributed by atoms with Gasteiger partial charge in [0.05, 0.1) is 17.0 Å². The van der Waals surface area contributed by atoms with Crippen LogP contribution < -0.4 is 15.6 Å². The van der Waals surface area contributed by atoms with Crippen LogP contribution in [0.15, 0.2) is 0 Å². The van der Waals surface area contributed by atoms with Crippen molar-refractivity contribution >= 4 is 33.6 Å². The Kier molecular flexibility index (Phi) is 8.24. The van der Waals surface area contributed by atoms with Crippen molar-refractivity contribution in [2.45, 2.75) is 36.9 Å². The van der Waals surface area contributed by atoms with Crippen molar-refractivity contribution in [1.82, 2.24) is 30.3 Å². The van der Waals surface area contributed by atoms with E-state index in [0.29, 0.717) is 32.4 Å². The second-order valence-corrected chi connectivity index (χ2v) is 11.8. The number of urea groups is 1. The van der Waals surface area contributed by atoms with Gasteiger partial charge in [-0.15, -0.1) is 16.4 Å². The summed E-state index contributed by atoms with van der Waals surface area (Å²) in [5, 5.41) is 2.56. The quantitative estimate of drug-likeness (QED) is 0.346. The van der Waals surface area contributed by atoms with Gasteiger partial charge in [0.1, 0.15) is 6.17 Å². The number of nitrogens with zero attached hydrogens (tertiary/aromatic N) is 3. The van der Waals surface area contributed by atoms with Crippen molar-refractivity contribution in [2.75, 3.05) is 53.2 Å². The van der Waals surface area contributed by atoms with Crippen LogP contribution in [0.5, 0.6) is 0 Å². The molecule has 2 heterocycles. The van der Waals surface area contributed by atoms with Gasteiger partial charge in [-0.1, -0.05) is 0 Å². The van der Waals surface area contributed by atoms with Gasteiger partial charge >= 0.3 is 6.03 Å². The second-order valence-electron chi connectivity index (χ2n) is 9.46. The number of rotatable bonds is 6. The molecule has 0 spiro atoms. The standard InChI is InChI=1S/C19H34ClFN6O4S/c1-25(2)19(29)27-5-4-12(8-27)10-32(30,31)24-23-18(28)14-6-13(7-15(20)17(14)21)16-9-26(3)11-22-16/h12-17,22,24H,4-11H2,1-3H3,(H,23,28). The Morgan fingerprint density at radius 3 is 2.59 bits per heavy atom. The molecule has 0 aromatic carbocycles. The minimum absolute atomic E-state index is 0.0283. The Morgan fingerprint density at radius 1 is 1.25 bits per heavy atom. The second kappa shape index (κ2) is 10.4. The van der Waals surface area contributed by atoms with Gasteiger partial charge in [-0.2, -0.15) is 0 Å². The first-order valence-corrected chi connectivity index (χ1v) is 13.0. The number of alkyl halides is 2. The third kappa shape index (κ3) is 6.22. The summed E-state index contributed by atoms with van der Waals surface area (Å²) in [4.78, 5) is 31.9. The van der Waals surface area contributed by atoms with Gasteiger partial charge in [0.25, 0.3) is 0 Å². The fourth-order valence-electron chi connectivity index (χ4n) is 4.86. The smallest absolute Gasteiger partial charge is 0.319 e. The molecule has 2 saturated heterocycles. The number of sulfonamides is 1. The van der Waals surface area contributed by atoms with E-state index in [1.54, 1.807) is 19.0 Å². The number of nitrogens with one attached hydrogen (secondary N) is 3. The molecule has 6 unspecified atom stereocenters. The van der Waals surface area contributed by atoms with Gasteiger partial charge < -0.3 is 9.80 Å². The van der Waals surface area contributed by atoms with Crippen LogP contribution in [0.1, 0.15) is 19.3 Å². The average Bonchev–Trinajstić information content (AvgIpc) is 3.36. The highest BCUT2D eigenvalue weighted by Crippen LogP contribution is 2.37. The molecule has 0 radical (unpaired) electrons. The first-order chi connectivity index (χ1) is 15.0. The summed E-state index contributed by atoms with van der Waals surface area (Å²) in [5.74, 6) is -2.17. The molecule has 184 valence electrons. The van der Waals surface area contributed by atoms with Crippen LogP contribution in [0.25, 0.3) is 0 Å². The Hall–Kier alpha value is -1.21. The summed E-state index contributed by atoms with van der Waals surface area (Å²) in [6, 6.07) is -0.0403. The zero-order chi connectivity index (χ0) is 23.6. The van der Waals surface area contributed by atoms with Crippen LogP contribution in [-0.2, 0) is 14.8 Å². The van der Waals surface area contributed by atoms with Crippen LogP contribution >= 0.6 is 11.6 Å². The maximum absolute atomic E-state index is 14.7. The molecule has 1 saturated carbocycles. The van der Waals surface area contributed by atoms with E-state index in [1.807, 2.05) is 7.05 Å². The molecule has 1 aliphatic carbocycles. The van der Waals surface area contributed by atoms with Crippen LogP contribution in [-0.4, -0.2) is 106 Å². The van der Waals surface area contributed by atoms with Gasteiger partial charge in [0.2, 0.25) is 15.9 Å². The van der Waals surface area contributed by atoms with E-state index in [9.17, 15) is 22.4 Å². The molecule has 3 fully saturated rings. The lowest BCUT2D eigenvalue weighted by Gasteiger charge is -2.37. The number of carbonyl (C=O) groups is 2. The first-order valence-electron chi connectivity index (χ1n) is 10.9.